The zero-order chi connectivity index (χ0) is 15.0. The number of rotatable bonds is 4. The fourth-order valence-corrected chi connectivity index (χ4v) is 5.84. The van der Waals surface area contributed by atoms with E-state index in [1.54, 1.807) is 0 Å². The van der Waals surface area contributed by atoms with E-state index >= 15 is 0 Å². The summed E-state index contributed by atoms with van der Waals surface area (Å²) in [5.74, 6) is -2.55. The van der Waals surface area contributed by atoms with Crippen LogP contribution in [0.5, 0.6) is 0 Å². The topological polar surface area (TPSA) is 143 Å². The molecule has 9 nitrogen and oxygen atoms in total. The largest absolute Gasteiger partial charge is 0.476 e. The molecule has 0 amide bonds. The van der Waals surface area contributed by atoms with Crippen molar-refractivity contribution in [1.82, 2.24) is 9.97 Å². The van der Waals surface area contributed by atoms with Gasteiger partial charge in [-0.3, -0.25) is 4.72 Å². The molecule has 1 aromatic heterocycles. The van der Waals surface area contributed by atoms with Crippen molar-refractivity contribution in [1.29, 1.82) is 0 Å². The van der Waals surface area contributed by atoms with E-state index < -0.39 is 48.3 Å². The summed E-state index contributed by atoms with van der Waals surface area (Å²) in [4.78, 5) is 18.0. The zero-order valence-electron chi connectivity index (χ0n) is 10.1. The summed E-state index contributed by atoms with van der Waals surface area (Å²) in [5.41, 5.74) is -0.545. The van der Waals surface area contributed by atoms with Gasteiger partial charge in [0.25, 0.3) is 0 Å². The van der Waals surface area contributed by atoms with Crippen LogP contribution >= 0.6 is 0 Å². The standard InChI is InChI=1S/C9H11N3O6S2/c13-9(14)7-8(11-3-2-10-7)12-20(17,18)6-1-4-19(15,16)5-6/h2-3,6H,1,4-5H2,(H,11,12)(H,13,14). The lowest BCUT2D eigenvalue weighted by Crippen LogP contribution is -2.30. The molecule has 1 aromatic rings. The van der Waals surface area contributed by atoms with Gasteiger partial charge in [-0.25, -0.2) is 31.6 Å². The summed E-state index contributed by atoms with van der Waals surface area (Å²) in [5, 5.41) is 7.76. The highest BCUT2D eigenvalue weighted by molar-refractivity contribution is 7.97. The number of aromatic carboxylic acids is 1. The molecule has 1 fully saturated rings. The van der Waals surface area contributed by atoms with E-state index in [1.165, 1.54) is 0 Å². The molecule has 0 bridgehead atoms. The average Bonchev–Trinajstić information content (AvgIpc) is 2.70. The maximum absolute atomic E-state index is 12.0. The third-order valence-corrected chi connectivity index (χ3v) is 6.51. The van der Waals surface area contributed by atoms with Crippen LogP contribution in [0.25, 0.3) is 0 Å². The van der Waals surface area contributed by atoms with Gasteiger partial charge >= 0.3 is 5.97 Å². The molecule has 11 heteroatoms. The lowest BCUT2D eigenvalue weighted by atomic mass is 10.4. The highest BCUT2D eigenvalue weighted by Crippen LogP contribution is 2.21. The second-order valence-corrected chi connectivity index (χ2v) is 8.42. The van der Waals surface area contributed by atoms with Crippen LogP contribution in [0, 0.1) is 0 Å². The molecule has 110 valence electrons. The molecule has 0 saturated carbocycles. The van der Waals surface area contributed by atoms with Crippen molar-refractivity contribution in [3.8, 4) is 0 Å². The molecule has 2 heterocycles. The summed E-state index contributed by atoms with van der Waals surface area (Å²) >= 11 is 0. The Kier molecular flexibility index (Phi) is 3.65. The van der Waals surface area contributed by atoms with E-state index in [1.807, 2.05) is 4.72 Å². The number of hydrogen-bond donors (Lipinski definition) is 2. The molecule has 1 atom stereocenters. The Balaban J connectivity index is 2.28. The summed E-state index contributed by atoms with van der Waals surface area (Å²) in [7, 11) is -7.40. The minimum atomic E-state index is -4.04. The van der Waals surface area contributed by atoms with Gasteiger partial charge < -0.3 is 5.11 Å². The Bertz CT molecular complexity index is 743. The van der Waals surface area contributed by atoms with Gasteiger partial charge in [-0.05, 0) is 6.42 Å². The number of carboxylic acid groups (broad SMARTS) is 1. The number of anilines is 1. The van der Waals surface area contributed by atoms with Crippen LogP contribution in [0.1, 0.15) is 16.9 Å². The fourth-order valence-electron chi connectivity index (χ4n) is 1.79. The molecule has 0 spiro atoms. The molecule has 1 aliphatic heterocycles. The van der Waals surface area contributed by atoms with E-state index in [0.29, 0.717) is 0 Å². The van der Waals surface area contributed by atoms with Crippen LogP contribution < -0.4 is 4.72 Å². The van der Waals surface area contributed by atoms with Gasteiger partial charge in [0.05, 0.1) is 16.8 Å². The minimum Gasteiger partial charge on any atom is -0.476 e. The number of carbonyl (C=O) groups is 1. The van der Waals surface area contributed by atoms with Gasteiger partial charge in [-0.1, -0.05) is 0 Å². The van der Waals surface area contributed by atoms with E-state index in [0.717, 1.165) is 12.4 Å². The van der Waals surface area contributed by atoms with E-state index in [2.05, 4.69) is 9.97 Å². The molecule has 2 rings (SSSR count). The van der Waals surface area contributed by atoms with Gasteiger partial charge in [0.2, 0.25) is 10.0 Å². The predicted molar refractivity (Wildman–Crippen MR) is 68.6 cm³/mol. The number of nitrogens with one attached hydrogen (secondary N) is 1. The molecule has 1 unspecified atom stereocenters. The summed E-state index contributed by atoms with van der Waals surface area (Å²) in [6.45, 7) is 0. The van der Waals surface area contributed by atoms with Crippen molar-refractivity contribution in [3.63, 3.8) is 0 Å². The highest BCUT2D eigenvalue weighted by Gasteiger charge is 2.38. The fraction of sp³-hybridized carbons (Fsp3) is 0.444. The first-order valence-electron chi connectivity index (χ1n) is 5.48. The third-order valence-electron chi connectivity index (χ3n) is 2.77. The summed E-state index contributed by atoms with van der Waals surface area (Å²) in [6, 6.07) is 0. The first-order chi connectivity index (χ1) is 9.21. The molecule has 2 N–H and O–H groups in total. The van der Waals surface area contributed by atoms with Crippen molar-refractivity contribution in [3.05, 3.63) is 18.1 Å². The Labute approximate surface area is 115 Å². The number of carboxylic acids is 1. The van der Waals surface area contributed by atoms with Crippen LogP contribution in [-0.4, -0.2) is 54.6 Å². The van der Waals surface area contributed by atoms with Gasteiger partial charge in [0.15, 0.2) is 21.3 Å². The molecule has 0 aliphatic carbocycles. The van der Waals surface area contributed by atoms with Gasteiger partial charge in [0, 0.05) is 12.4 Å². The lowest BCUT2D eigenvalue weighted by molar-refractivity contribution is 0.0691. The number of hydrogen-bond acceptors (Lipinski definition) is 7. The van der Waals surface area contributed by atoms with Crippen LogP contribution in [0.15, 0.2) is 12.4 Å². The molecular weight excluding hydrogens is 310 g/mol. The second-order valence-electron chi connectivity index (χ2n) is 4.23. The number of nitrogens with zero attached hydrogens (tertiary/aromatic N) is 2. The maximum atomic E-state index is 12.0. The SMILES string of the molecule is O=C(O)c1nccnc1NS(=O)(=O)C1CCS(=O)(=O)C1. The predicted octanol–water partition coefficient (Wildman–Crippen LogP) is -0.896. The normalized spacial score (nSPS) is 21.5. The van der Waals surface area contributed by atoms with Crippen molar-refractivity contribution >= 4 is 31.6 Å². The molecule has 0 aromatic carbocycles. The molecule has 0 radical (unpaired) electrons. The minimum absolute atomic E-state index is 0.0274. The zero-order valence-corrected chi connectivity index (χ0v) is 11.7. The Hall–Kier alpha value is -1.75. The number of sulfonamides is 1. The van der Waals surface area contributed by atoms with Crippen LogP contribution in [-0.2, 0) is 19.9 Å². The van der Waals surface area contributed by atoms with E-state index in [-0.39, 0.29) is 12.2 Å². The average molecular weight is 321 g/mol. The van der Waals surface area contributed by atoms with Crippen molar-refractivity contribution in [2.45, 2.75) is 11.7 Å². The van der Waals surface area contributed by atoms with Crippen LogP contribution in [0.3, 0.4) is 0 Å². The first-order valence-corrected chi connectivity index (χ1v) is 8.84. The third kappa shape index (κ3) is 3.04. The lowest BCUT2D eigenvalue weighted by Gasteiger charge is -2.12. The van der Waals surface area contributed by atoms with Gasteiger partial charge in [-0.2, -0.15) is 0 Å². The summed E-state index contributed by atoms with van der Waals surface area (Å²) < 4.78 is 48.7. The number of sulfone groups is 1. The molecular formula is C9H11N3O6S2. The second kappa shape index (κ2) is 4.98. The van der Waals surface area contributed by atoms with Crippen molar-refractivity contribution in [2.24, 2.45) is 0 Å². The molecule has 20 heavy (non-hydrogen) atoms. The molecule has 1 saturated heterocycles. The summed E-state index contributed by atoms with van der Waals surface area (Å²) in [6.07, 6.45) is 2.22. The van der Waals surface area contributed by atoms with Gasteiger partial charge in [0.1, 0.15) is 0 Å². The Morgan fingerprint density at radius 3 is 2.55 bits per heavy atom. The van der Waals surface area contributed by atoms with Crippen molar-refractivity contribution < 1.29 is 26.7 Å². The smallest absolute Gasteiger partial charge is 0.358 e. The van der Waals surface area contributed by atoms with Crippen LogP contribution in [0.2, 0.25) is 0 Å². The van der Waals surface area contributed by atoms with Crippen molar-refractivity contribution in [2.75, 3.05) is 16.2 Å². The van der Waals surface area contributed by atoms with E-state index in [9.17, 15) is 21.6 Å². The van der Waals surface area contributed by atoms with Gasteiger partial charge in [-0.15, -0.1) is 0 Å². The maximum Gasteiger partial charge on any atom is 0.358 e. The van der Waals surface area contributed by atoms with E-state index in [4.69, 9.17) is 5.11 Å². The van der Waals surface area contributed by atoms with Crippen LogP contribution in [0.4, 0.5) is 5.82 Å². The quantitative estimate of drug-likeness (QED) is 0.726. The Morgan fingerprint density at radius 1 is 1.35 bits per heavy atom. The first kappa shape index (κ1) is 14.7. The highest BCUT2D eigenvalue weighted by atomic mass is 32.2. The monoisotopic (exact) mass is 321 g/mol. The number of aromatic nitrogens is 2. The Morgan fingerprint density at radius 2 is 2.00 bits per heavy atom. The molecule has 1 aliphatic rings.